The molecule has 6 nitrogen and oxygen atoms in total. The van der Waals surface area contributed by atoms with Crippen molar-refractivity contribution in [3.63, 3.8) is 0 Å². The molecule has 2 rings (SSSR count). The number of carbonyl (C=O) groups is 1. The Morgan fingerprint density at radius 3 is 2.57 bits per heavy atom. The minimum Gasteiger partial charge on any atom is -0.379 e. The van der Waals surface area contributed by atoms with Crippen LogP contribution in [0, 0.1) is 10.1 Å². The van der Waals surface area contributed by atoms with E-state index in [1.54, 1.807) is 18.2 Å². The predicted molar refractivity (Wildman–Crippen MR) is 90.3 cm³/mol. The van der Waals surface area contributed by atoms with Crippen LogP contribution < -0.4 is 11.1 Å². The van der Waals surface area contributed by atoms with Gasteiger partial charge in [-0.2, -0.15) is 0 Å². The highest BCUT2D eigenvalue weighted by molar-refractivity contribution is 6.35. The van der Waals surface area contributed by atoms with Crippen LogP contribution >= 0.6 is 23.2 Å². The standard InChI is InChI=1S/C15H13Cl2N3O3/c16-11-3-1-9(12(17)8-11)5-6-19-13-4-2-10(15(18)21)7-14(13)20(22)23/h1-4,7-8,19H,5-6H2,(H2,18,21). The number of hydrogen-bond donors (Lipinski definition) is 2. The van der Waals surface area contributed by atoms with Crippen LogP contribution in [0.25, 0.3) is 0 Å². The summed E-state index contributed by atoms with van der Waals surface area (Å²) >= 11 is 11.9. The predicted octanol–water partition coefficient (Wildman–Crippen LogP) is 3.66. The van der Waals surface area contributed by atoms with E-state index >= 15 is 0 Å². The summed E-state index contributed by atoms with van der Waals surface area (Å²) < 4.78 is 0. The summed E-state index contributed by atoms with van der Waals surface area (Å²) in [5.41, 5.74) is 6.20. The van der Waals surface area contributed by atoms with Gasteiger partial charge in [0.25, 0.3) is 5.69 Å². The minimum absolute atomic E-state index is 0.0861. The zero-order valence-electron chi connectivity index (χ0n) is 11.9. The average Bonchev–Trinajstić information content (AvgIpc) is 2.49. The van der Waals surface area contributed by atoms with E-state index in [9.17, 15) is 14.9 Å². The second kappa shape index (κ2) is 7.30. The smallest absolute Gasteiger partial charge is 0.293 e. The number of anilines is 1. The van der Waals surface area contributed by atoms with E-state index in [2.05, 4.69) is 5.32 Å². The van der Waals surface area contributed by atoms with Gasteiger partial charge in [0, 0.05) is 28.2 Å². The lowest BCUT2D eigenvalue weighted by molar-refractivity contribution is -0.384. The van der Waals surface area contributed by atoms with Crippen LogP contribution in [-0.2, 0) is 6.42 Å². The van der Waals surface area contributed by atoms with Gasteiger partial charge in [0.2, 0.25) is 5.91 Å². The number of nitrogens with zero attached hydrogens (tertiary/aromatic N) is 1. The average molecular weight is 354 g/mol. The molecule has 0 heterocycles. The van der Waals surface area contributed by atoms with Gasteiger partial charge < -0.3 is 11.1 Å². The molecule has 0 spiro atoms. The summed E-state index contributed by atoms with van der Waals surface area (Å²) in [6.07, 6.45) is 0.560. The number of nitro groups is 1. The van der Waals surface area contributed by atoms with E-state index < -0.39 is 10.8 Å². The Balaban J connectivity index is 2.11. The highest BCUT2D eigenvalue weighted by Gasteiger charge is 2.16. The number of halogens is 2. The molecule has 2 aromatic rings. The molecule has 0 aliphatic carbocycles. The largest absolute Gasteiger partial charge is 0.379 e. The highest BCUT2D eigenvalue weighted by Crippen LogP contribution is 2.26. The first kappa shape index (κ1) is 17.1. The second-order valence-corrected chi connectivity index (χ2v) is 5.61. The molecule has 120 valence electrons. The Bertz CT molecular complexity index is 766. The minimum atomic E-state index is -0.715. The monoisotopic (exact) mass is 353 g/mol. The van der Waals surface area contributed by atoms with Gasteiger partial charge in [-0.1, -0.05) is 29.3 Å². The summed E-state index contributed by atoms with van der Waals surface area (Å²) in [6.45, 7) is 0.429. The molecule has 0 aliphatic heterocycles. The number of hydrogen-bond acceptors (Lipinski definition) is 4. The lowest BCUT2D eigenvalue weighted by Gasteiger charge is -2.09. The van der Waals surface area contributed by atoms with Gasteiger partial charge in [0.1, 0.15) is 5.69 Å². The third kappa shape index (κ3) is 4.34. The van der Waals surface area contributed by atoms with Crippen LogP contribution in [0.3, 0.4) is 0 Å². The van der Waals surface area contributed by atoms with Crippen LogP contribution in [0.15, 0.2) is 36.4 Å². The zero-order valence-corrected chi connectivity index (χ0v) is 13.4. The van der Waals surface area contributed by atoms with Gasteiger partial charge in [-0.05, 0) is 36.2 Å². The third-order valence-corrected chi connectivity index (χ3v) is 3.79. The Morgan fingerprint density at radius 2 is 1.96 bits per heavy atom. The molecule has 0 radical (unpaired) electrons. The lowest BCUT2D eigenvalue weighted by atomic mass is 10.1. The molecule has 23 heavy (non-hydrogen) atoms. The highest BCUT2D eigenvalue weighted by atomic mass is 35.5. The van der Waals surface area contributed by atoms with Crippen molar-refractivity contribution in [3.8, 4) is 0 Å². The van der Waals surface area contributed by atoms with Crippen molar-refractivity contribution in [1.29, 1.82) is 0 Å². The number of nitro benzene ring substituents is 1. The summed E-state index contributed by atoms with van der Waals surface area (Å²) in [6, 6.07) is 9.22. The molecule has 0 aromatic heterocycles. The number of primary amides is 1. The third-order valence-electron chi connectivity index (χ3n) is 3.20. The Hall–Kier alpha value is -2.31. The molecule has 0 aliphatic rings. The molecular weight excluding hydrogens is 341 g/mol. The quantitative estimate of drug-likeness (QED) is 0.611. The molecule has 0 bridgehead atoms. The van der Waals surface area contributed by atoms with Crippen molar-refractivity contribution in [2.24, 2.45) is 5.73 Å². The lowest BCUT2D eigenvalue weighted by Crippen LogP contribution is -2.12. The van der Waals surface area contributed by atoms with Gasteiger partial charge in [0.15, 0.2) is 0 Å². The number of nitrogens with two attached hydrogens (primary N) is 1. The fraction of sp³-hybridized carbons (Fsp3) is 0.133. The van der Waals surface area contributed by atoms with Gasteiger partial charge in [-0.15, -0.1) is 0 Å². The molecular formula is C15H13Cl2N3O3. The molecule has 1 amide bonds. The number of nitrogens with one attached hydrogen (secondary N) is 1. The number of carbonyl (C=O) groups excluding carboxylic acids is 1. The first-order chi connectivity index (χ1) is 10.9. The van der Waals surface area contributed by atoms with Gasteiger partial charge >= 0.3 is 0 Å². The first-order valence-corrected chi connectivity index (χ1v) is 7.40. The van der Waals surface area contributed by atoms with Gasteiger partial charge in [-0.3, -0.25) is 14.9 Å². The molecule has 3 N–H and O–H groups in total. The van der Waals surface area contributed by atoms with Crippen molar-refractivity contribution in [2.45, 2.75) is 6.42 Å². The van der Waals surface area contributed by atoms with Gasteiger partial charge in [-0.25, -0.2) is 0 Å². The maximum atomic E-state index is 11.1. The van der Waals surface area contributed by atoms with Crippen molar-refractivity contribution < 1.29 is 9.72 Å². The zero-order chi connectivity index (χ0) is 17.0. The van der Waals surface area contributed by atoms with Crippen molar-refractivity contribution >= 4 is 40.5 Å². The summed E-state index contributed by atoms with van der Waals surface area (Å²) in [5.74, 6) is -0.715. The fourth-order valence-corrected chi connectivity index (χ4v) is 2.54. The van der Waals surface area contributed by atoms with E-state index in [1.165, 1.54) is 12.1 Å². The van der Waals surface area contributed by atoms with E-state index in [-0.39, 0.29) is 11.3 Å². The molecule has 0 fully saturated rings. The van der Waals surface area contributed by atoms with Crippen molar-refractivity contribution in [3.05, 3.63) is 67.7 Å². The SMILES string of the molecule is NC(=O)c1ccc(NCCc2ccc(Cl)cc2Cl)c([N+](=O)[O-])c1. The Kier molecular flexibility index (Phi) is 5.41. The normalized spacial score (nSPS) is 10.3. The summed E-state index contributed by atoms with van der Waals surface area (Å²) in [4.78, 5) is 21.6. The van der Waals surface area contributed by atoms with Crippen LogP contribution in [0.5, 0.6) is 0 Å². The van der Waals surface area contributed by atoms with Crippen molar-refractivity contribution in [2.75, 3.05) is 11.9 Å². The Morgan fingerprint density at radius 1 is 1.22 bits per heavy atom. The molecule has 0 saturated heterocycles. The molecule has 0 saturated carbocycles. The number of benzene rings is 2. The molecule has 8 heteroatoms. The van der Waals surface area contributed by atoms with Crippen LogP contribution in [0.1, 0.15) is 15.9 Å². The van der Waals surface area contributed by atoms with Crippen LogP contribution in [0.2, 0.25) is 10.0 Å². The number of amides is 1. The van der Waals surface area contributed by atoms with Crippen LogP contribution in [-0.4, -0.2) is 17.4 Å². The second-order valence-electron chi connectivity index (χ2n) is 4.77. The van der Waals surface area contributed by atoms with E-state index in [4.69, 9.17) is 28.9 Å². The first-order valence-electron chi connectivity index (χ1n) is 6.64. The topological polar surface area (TPSA) is 98.3 Å². The number of rotatable bonds is 6. The molecule has 2 aromatic carbocycles. The van der Waals surface area contributed by atoms with E-state index in [0.717, 1.165) is 11.6 Å². The molecule has 0 unspecified atom stereocenters. The summed E-state index contributed by atoms with van der Waals surface area (Å²) in [7, 11) is 0. The van der Waals surface area contributed by atoms with Crippen molar-refractivity contribution in [1.82, 2.24) is 0 Å². The van der Waals surface area contributed by atoms with E-state index in [1.807, 2.05) is 0 Å². The molecule has 0 atom stereocenters. The maximum Gasteiger partial charge on any atom is 0.293 e. The Labute approximate surface area is 142 Å². The van der Waals surface area contributed by atoms with Gasteiger partial charge in [0.05, 0.1) is 4.92 Å². The van der Waals surface area contributed by atoms with Crippen LogP contribution in [0.4, 0.5) is 11.4 Å². The fourth-order valence-electron chi connectivity index (χ4n) is 2.04. The summed E-state index contributed by atoms with van der Waals surface area (Å²) in [5, 5.41) is 15.2. The van der Waals surface area contributed by atoms with E-state index in [0.29, 0.717) is 28.7 Å². The maximum absolute atomic E-state index is 11.1.